The van der Waals surface area contributed by atoms with Gasteiger partial charge < -0.3 is 10.4 Å². The second-order valence-corrected chi connectivity index (χ2v) is 6.36. The molecular formula is C17H20N2O3S. The lowest BCUT2D eigenvalue weighted by Crippen LogP contribution is -2.25. The standard InChI is InChI=1S/C17H20N2O3S/c1-3-4-14-19-11(2)15(23-14)16(20)18-10-9-12-5-7-13(8-6-12)17(21)22/h5-8H,3-4,9-10H2,1-2H3,(H,18,20)(H,21,22). The summed E-state index contributed by atoms with van der Waals surface area (Å²) in [4.78, 5) is 28.1. The number of aromatic carboxylic acids is 1. The summed E-state index contributed by atoms with van der Waals surface area (Å²) >= 11 is 1.46. The third kappa shape index (κ3) is 4.63. The van der Waals surface area contributed by atoms with Crippen molar-refractivity contribution in [2.24, 2.45) is 0 Å². The van der Waals surface area contributed by atoms with Crippen LogP contribution in [0.4, 0.5) is 0 Å². The second-order valence-electron chi connectivity index (χ2n) is 5.28. The summed E-state index contributed by atoms with van der Waals surface area (Å²) in [5.74, 6) is -1.03. The number of nitrogens with zero attached hydrogens (tertiary/aromatic N) is 1. The first-order valence-electron chi connectivity index (χ1n) is 7.58. The molecule has 0 saturated heterocycles. The number of hydrogen-bond donors (Lipinski definition) is 2. The van der Waals surface area contributed by atoms with Gasteiger partial charge in [0.05, 0.1) is 16.3 Å². The Morgan fingerprint density at radius 2 is 1.91 bits per heavy atom. The van der Waals surface area contributed by atoms with Gasteiger partial charge in [-0.3, -0.25) is 4.79 Å². The second kappa shape index (κ2) is 7.87. The first kappa shape index (κ1) is 17.1. The van der Waals surface area contributed by atoms with Gasteiger partial charge in [-0.2, -0.15) is 0 Å². The highest BCUT2D eigenvalue weighted by molar-refractivity contribution is 7.13. The number of benzene rings is 1. The summed E-state index contributed by atoms with van der Waals surface area (Å²) in [6.07, 6.45) is 2.57. The highest BCUT2D eigenvalue weighted by atomic mass is 32.1. The van der Waals surface area contributed by atoms with Crippen LogP contribution in [0.1, 0.15) is 49.6 Å². The molecule has 2 rings (SSSR count). The fourth-order valence-electron chi connectivity index (χ4n) is 2.20. The smallest absolute Gasteiger partial charge is 0.335 e. The van der Waals surface area contributed by atoms with Crippen molar-refractivity contribution in [3.8, 4) is 0 Å². The Morgan fingerprint density at radius 3 is 2.52 bits per heavy atom. The van der Waals surface area contributed by atoms with Gasteiger partial charge in [0.1, 0.15) is 4.88 Å². The van der Waals surface area contributed by atoms with Gasteiger partial charge in [-0.15, -0.1) is 11.3 Å². The molecule has 0 aliphatic carbocycles. The molecule has 0 aliphatic rings. The number of carbonyl (C=O) groups excluding carboxylic acids is 1. The van der Waals surface area contributed by atoms with Crippen LogP contribution in [0.25, 0.3) is 0 Å². The number of thiazole rings is 1. The van der Waals surface area contributed by atoms with Crippen LogP contribution in [0.15, 0.2) is 24.3 Å². The molecule has 1 amide bonds. The van der Waals surface area contributed by atoms with Crippen molar-refractivity contribution in [3.05, 3.63) is 51.0 Å². The fourth-order valence-corrected chi connectivity index (χ4v) is 3.28. The Morgan fingerprint density at radius 1 is 1.22 bits per heavy atom. The Bertz CT molecular complexity index is 692. The molecule has 0 unspecified atom stereocenters. The van der Waals surface area contributed by atoms with Gasteiger partial charge in [0, 0.05) is 6.54 Å². The summed E-state index contributed by atoms with van der Waals surface area (Å²) in [6, 6.07) is 6.69. The molecule has 6 heteroatoms. The van der Waals surface area contributed by atoms with Gasteiger partial charge in [-0.1, -0.05) is 19.1 Å². The summed E-state index contributed by atoms with van der Waals surface area (Å²) in [5.41, 5.74) is 2.03. The van der Waals surface area contributed by atoms with Crippen molar-refractivity contribution in [3.63, 3.8) is 0 Å². The van der Waals surface area contributed by atoms with Gasteiger partial charge in [-0.25, -0.2) is 9.78 Å². The zero-order valence-electron chi connectivity index (χ0n) is 13.3. The number of nitrogens with one attached hydrogen (secondary N) is 1. The van der Waals surface area contributed by atoms with E-state index in [1.165, 1.54) is 11.3 Å². The van der Waals surface area contributed by atoms with Crippen molar-refractivity contribution in [1.29, 1.82) is 0 Å². The van der Waals surface area contributed by atoms with Gasteiger partial charge >= 0.3 is 5.97 Å². The minimum Gasteiger partial charge on any atom is -0.478 e. The zero-order chi connectivity index (χ0) is 16.8. The van der Waals surface area contributed by atoms with Crippen LogP contribution in [0.5, 0.6) is 0 Å². The third-order valence-electron chi connectivity index (χ3n) is 3.41. The summed E-state index contributed by atoms with van der Waals surface area (Å²) in [7, 11) is 0. The van der Waals surface area contributed by atoms with Crippen LogP contribution in [-0.2, 0) is 12.8 Å². The van der Waals surface area contributed by atoms with E-state index in [4.69, 9.17) is 5.11 Å². The number of aromatic nitrogens is 1. The molecule has 0 radical (unpaired) electrons. The highest BCUT2D eigenvalue weighted by Gasteiger charge is 2.14. The van der Waals surface area contributed by atoms with Crippen molar-refractivity contribution in [2.75, 3.05) is 6.54 Å². The lowest BCUT2D eigenvalue weighted by atomic mass is 10.1. The first-order chi connectivity index (χ1) is 11.0. The van der Waals surface area contributed by atoms with Crippen LogP contribution in [0.2, 0.25) is 0 Å². The van der Waals surface area contributed by atoms with E-state index in [2.05, 4.69) is 17.2 Å². The third-order valence-corrected chi connectivity index (χ3v) is 4.63. The van der Waals surface area contributed by atoms with Crippen LogP contribution in [0, 0.1) is 6.92 Å². The van der Waals surface area contributed by atoms with Crippen LogP contribution < -0.4 is 5.32 Å². The average molecular weight is 332 g/mol. The number of rotatable bonds is 7. The van der Waals surface area contributed by atoms with Crippen molar-refractivity contribution in [2.45, 2.75) is 33.1 Å². The maximum absolute atomic E-state index is 12.2. The molecule has 2 N–H and O–H groups in total. The average Bonchev–Trinajstić information content (AvgIpc) is 2.89. The summed E-state index contributed by atoms with van der Waals surface area (Å²) in [5, 5.41) is 12.8. The van der Waals surface area contributed by atoms with Crippen molar-refractivity contribution >= 4 is 23.2 Å². The van der Waals surface area contributed by atoms with E-state index in [1.807, 2.05) is 6.92 Å². The van der Waals surface area contributed by atoms with Crippen LogP contribution >= 0.6 is 11.3 Å². The Hall–Kier alpha value is -2.21. The number of aryl methyl sites for hydroxylation is 2. The molecule has 122 valence electrons. The van der Waals surface area contributed by atoms with E-state index in [9.17, 15) is 9.59 Å². The predicted molar refractivity (Wildman–Crippen MR) is 90.3 cm³/mol. The maximum atomic E-state index is 12.2. The van der Waals surface area contributed by atoms with E-state index in [1.54, 1.807) is 24.3 Å². The van der Waals surface area contributed by atoms with Crippen molar-refractivity contribution in [1.82, 2.24) is 10.3 Å². The van der Waals surface area contributed by atoms with E-state index < -0.39 is 5.97 Å². The molecule has 0 fully saturated rings. The normalized spacial score (nSPS) is 10.5. The van der Waals surface area contributed by atoms with E-state index in [0.29, 0.717) is 17.8 Å². The summed E-state index contributed by atoms with van der Waals surface area (Å²) in [6.45, 7) is 4.45. The molecule has 0 atom stereocenters. The van der Waals surface area contributed by atoms with Gasteiger partial charge in [-0.05, 0) is 43.9 Å². The number of hydrogen-bond acceptors (Lipinski definition) is 4. The lowest BCUT2D eigenvalue weighted by molar-refractivity contribution is 0.0696. The maximum Gasteiger partial charge on any atom is 0.335 e. The molecule has 1 aromatic carbocycles. The quantitative estimate of drug-likeness (QED) is 0.816. The monoisotopic (exact) mass is 332 g/mol. The molecule has 0 spiro atoms. The fraction of sp³-hybridized carbons (Fsp3) is 0.353. The molecular weight excluding hydrogens is 312 g/mol. The molecule has 23 heavy (non-hydrogen) atoms. The molecule has 2 aromatic rings. The number of carboxylic acids is 1. The minimum atomic E-state index is -0.937. The molecule has 0 bridgehead atoms. The number of amides is 1. The zero-order valence-corrected chi connectivity index (χ0v) is 14.1. The van der Waals surface area contributed by atoms with E-state index >= 15 is 0 Å². The van der Waals surface area contributed by atoms with Gasteiger partial charge in [0.15, 0.2) is 0 Å². The Balaban J connectivity index is 1.88. The number of carbonyl (C=O) groups is 2. The summed E-state index contributed by atoms with van der Waals surface area (Å²) < 4.78 is 0. The van der Waals surface area contributed by atoms with Gasteiger partial charge in [0.2, 0.25) is 0 Å². The predicted octanol–water partition coefficient (Wildman–Crippen LogP) is 3.07. The molecule has 1 aromatic heterocycles. The highest BCUT2D eigenvalue weighted by Crippen LogP contribution is 2.19. The van der Waals surface area contributed by atoms with Crippen molar-refractivity contribution < 1.29 is 14.7 Å². The largest absolute Gasteiger partial charge is 0.478 e. The van der Waals surface area contributed by atoms with Crippen LogP contribution in [-0.4, -0.2) is 28.5 Å². The Kier molecular flexibility index (Phi) is 5.87. The lowest BCUT2D eigenvalue weighted by Gasteiger charge is -2.05. The Labute approximate surface area is 139 Å². The molecule has 1 heterocycles. The number of carboxylic acid groups (broad SMARTS) is 1. The topological polar surface area (TPSA) is 79.3 Å². The van der Waals surface area contributed by atoms with E-state index in [0.717, 1.165) is 29.1 Å². The van der Waals surface area contributed by atoms with Gasteiger partial charge in [0.25, 0.3) is 5.91 Å². The molecule has 0 saturated carbocycles. The first-order valence-corrected chi connectivity index (χ1v) is 8.39. The SMILES string of the molecule is CCCc1nc(C)c(C(=O)NCCc2ccc(C(=O)O)cc2)s1. The van der Waals surface area contributed by atoms with E-state index in [-0.39, 0.29) is 11.5 Å². The molecule has 0 aliphatic heterocycles. The van der Waals surface area contributed by atoms with Crippen LogP contribution in [0.3, 0.4) is 0 Å². The molecule has 5 nitrogen and oxygen atoms in total. The minimum absolute atomic E-state index is 0.0930.